The number of aryl methyl sites for hydroxylation is 1. The van der Waals surface area contributed by atoms with Gasteiger partial charge < -0.3 is 10.3 Å². The zero-order valence-corrected chi connectivity index (χ0v) is 13.6. The molecule has 1 aliphatic rings. The molecule has 1 fully saturated rings. The predicted octanol–water partition coefficient (Wildman–Crippen LogP) is 2.09. The molecule has 0 atom stereocenters. The maximum atomic E-state index is 11.8. The fraction of sp³-hybridized carbons (Fsp3) is 0.400. The van der Waals surface area contributed by atoms with Crippen molar-refractivity contribution in [2.24, 2.45) is 0 Å². The summed E-state index contributed by atoms with van der Waals surface area (Å²) in [6.45, 7) is 7.03. The molecule has 0 amide bonds. The largest absolute Gasteiger partial charge is 0.322 e. The van der Waals surface area contributed by atoms with E-state index in [1.807, 2.05) is 13.0 Å². The van der Waals surface area contributed by atoms with Crippen LogP contribution in [-0.2, 0) is 6.54 Å². The zero-order valence-electron chi connectivity index (χ0n) is 12.0. The Morgan fingerprint density at radius 2 is 1.90 bits per heavy atom. The average Bonchev–Trinajstić information content (AvgIpc) is 2.41. The van der Waals surface area contributed by atoms with Crippen LogP contribution in [0, 0.1) is 6.92 Å². The molecule has 2 aromatic rings. The molecule has 0 unspecified atom stereocenters. The van der Waals surface area contributed by atoms with Crippen molar-refractivity contribution < 1.29 is 0 Å². The normalized spacial score (nSPS) is 15.3. The molecule has 6 heteroatoms. The van der Waals surface area contributed by atoms with E-state index in [4.69, 9.17) is 0 Å². The Hall–Kier alpha value is -1.07. The molecule has 0 aliphatic carbocycles. The summed E-state index contributed by atoms with van der Waals surface area (Å²) in [4.78, 5) is 17.2. The summed E-state index contributed by atoms with van der Waals surface area (Å²) in [5.41, 5.74) is 3.22. The molecule has 4 nitrogen and oxygen atoms in total. The number of hydrogen-bond acceptors (Lipinski definition) is 3. The highest BCUT2D eigenvalue weighted by Gasteiger charge is 2.12. The van der Waals surface area contributed by atoms with Gasteiger partial charge in [0.2, 0.25) is 5.56 Å². The van der Waals surface area contributed by atoms with Crippen LogP contribution in [0.15, 0.2) is 29.1 Å². The number of piperazine rings is 1. The molecule has 2 heterocycles. The van der Waals surface area contributed by atoms with E-state index in [0.717, 1.165) is 54.8 Å². The van der Waals surface area contributed by atoms with Crippen molar-refractivity contribution in [2.75, 3.05) is 26.2 Å². The van der Waals surface area contributed by atoms with Crippen molar-refractivity contribution in [3.05, 3.63) is 45.7 Å². The topological polar surface area (TPSA) is 48.1 Å². The van der Waals surface area contributed by atoms with Crippen molar-refractivity contribution in [1.82, 2.24) is 15.2 Å². The van der Waals surface area contributed by atoms with Crippen molar-refractivity contribution in [3.63, 3.8) is 0 Å². The first-order valence-corrected chi connectivity index (χ1v) is 6.78. The van der Waals surface area contributed by atoms with Crippen LogP contribution in [-0.4, -0.2) is 36.1 Å². The molecule has 116 valence electrons. The minimum absolute atomic E-state index is 0. The quantitative estimate of drug-likeness (QED) is 0.886. The van der Waals surface area contributed by atoms with Gasteiger partial charge in [0.15, 0.2) is 0 Å². The molecule has 1 aromatic heterocycles. The smallest absolute Gasteiger partial charge is 0.248 e. The van der Waals surface area contributed by atoms with Gasteiger partial charge in [0.05, 0.1) is 5.52 Å². The number of rotatable bonds is 2. The molecule has 0 bridgehead atoms. The summed E-state index contributed by atoms with van der Waals surface area (Å²) in [5.74, 6) is 0. The van der Waals surface area contributed by atoms with Gasteiger partial charge in [-0.1, -0.05) is 18.2 Å². The Morgan fingerprint density at radius 1 is 1.19 bits per heavy atom. The molecular weight excluding hydrogens is 309 g/mol. The Balaban J connectivity index is 0.00000110. The van der Waals surface area contributed by atoms with Gasteiger partial charge in [0.1, 0.15) is 0 Å². The monoisotopic (exact) mass is 329 g/mol. The third kappa shape index (κ3) is 3.98. The summed E-state index contributed by atoms with van der Waals surface area (Å²) in [5, 5.41) is 4.51. The van der Waals surface area contributed by atoms with Crippen LogP contribution < -0.4 is 10.9 Å². The van der Waals surface area contributed by atoms with Gasteiger partial charge in [-0.05, 0) is 18.1 Å². The van der Waals surface area contributed by atoms with Crippen LogP contribution in [0.25, 0.3) is 10.9 Å². The molecule has 1 saturated heterocycles. The molecule has 2 N–H and O–H groups in total. The molecule has 21 heavy (non-hydrogen) atoms. The summed E-state index contributed by atoms with van der Waals surface area (Å²) in [6.07, 6.45) is 0. The number of nitrogens with one attached hydrogen (secondary N) is 2. The first kappa shape index (κ1) is 18.0. The maximum Gasteiger partial charge on any atom is 0.248 e. The fourth-order valence-electron chi connectivity index (χ4n) is 2.74. The highest BCUT2D eigenvalue weighted by molar-refractivity contribution is 5.86. The molecule has 1 aliphatic heterocycles. The maximum absolute atomic E-state index is 11.8. The number of benzene rings is 1. The minimum Gasteiger partial charge on any atom is -0.322 e. The third-order valence-corrected chi connectivity index (χ3v) is 3.78. The zero-order chi connectivity index (χ0) is 13.2. The van der Waals surface area contributed by atoms with Crippen molar-refractivity contribution in [1.29, 1.82) is 0 Å². The van der Waals surface area contributed by atoms with Gasteiger partial charge in [-0.15, -0.1) is 24.8 Å². The lowest BCUT2D eigenvalue weighted by atomic mass is 10.1. The second-order valence-corrected chi connectivity index (χ2v) is 5.18. The number of hydrogen-bond donors (Lipinski definition) is 2. The van der Waals surface area contributed by atoms with E-state index in [9.17, 15) is 4.79 Å². The Morgan fingerprint density at radius 3 is 2.62 bits per heavy atom. The van der Waals surface area contributed by atoms with Crippen LogP contribution in [0.4, 0.5) is 0 Å². The van der Waals surface area contributed by atoms with E-state index in [0.29, 0.717) is 0 Å². The third-order valence-electron chi connectivity index (χ3n) is 3.78. The molecule has 0 radical (unpaired) electrons. The number of para-hydroxylation sites is 1. The second-order valence-electron chi connectivity index (χ2n) is 5.18. The molecule has 0 saturated carbocycles. The molecule has 3 rings (SSSR count). The van der Waals surface area contributed by atoms with Crippen LogP contribution in [0.3, 0.4) is 0 Å². The summed E-state index contributed by atoms with van der Waals surface area (Å²) in [6, 6.07) is 7.92. The average molecular weight is 330 g/mol. The van der Waals surface area contributed by atoms with E-state index < -0.39 is 0 Å². The number of halogens is 2. The standard InChI is InChI=1S/C15H19N3O.2ClH/c1-11-3-2-4-13-12(9-14(19)17-15(11)13)10-18-7-5-16-6-8-18;;/h2-4,9,16H,5-8,10H2,1H3,(H,17,19);2*1H. The minimum atomic E-state index is -0.00747. The number of aromatic amines is 1. The van der Waals surface area contributed by atoms with Gasteiger partial charge >= 0.3 is 0 Å². The SMILES string of the molecule is Cc1cccc2c(CN3CCNCC3)cc(=O)[nH]c12.Cl.Cl. The summed E-state index contributed by atoms with van der Waals surface area (Å²) < 4.78 is 0. The van der Waals surface area contributed by atoms with Crippen LogP contribution in [0.1, 0.15) is 11.1 Å². The Kier molecular flexibility index (Phi) is 6.68. The lowest BCUT2D eigenvalue weighted by Gasteiger charge is -2.27. The lowest BCUT2D eigenvalue weighted by Crippen LogP contribution is -2.43. The molecule has 0 spiro atoms. The predicted molar refractivity (Wildman–Crippen MR) is 91.9 cm³/mol. The van der Waals surface area contributed by atoms with Crippen molar-refractivity contribution in [3.8, 4) is 0 Å². The number of H-pyrrole nitrogens is 1. The lowest BCUT2D eigenvalue weighted by molar-refractivity contribution is 0.234. The Bertz CT molecular complexity index is 651. The van der Waals surface area contributed by atoms with Crippen molar-refractivity contribution in [2.45, 2.75) is 13.5 Å². The van der Waals surface area contributed by atoms with Gasteiger partial charge in [0.25, 0.3) is 0 Å². The summed E-state index contributed by atoms with van der Waals surface area (Å²) >= 11 is 0. The number of fused-ring (bicyclic) bond motifs is 1. The molecular formula is C15H21Cl2N3O. The van der Waals surface area contributed by atoms with Crippen LogP contribution in [0.2, 0.25) is 0 Å². The van der Waals surface area contributed by atoms with E-state index in [2.05, 4.69) is 27.3 Å². The highest BCUT2D eigenvalue weighted by atomic mass is 35.5. The Labute approximate surface area is 136 Å². The van der Waals surface area contributed by atoms with Gasteiger partial charge in [0, 0.05) is 44.2 Å². The van der Waals surface area contributed by atoms with Gasteiger partial charge in [-0.2, -0.15) is 0 Å². The van der Waals surface area contributed by atoms with Gasteiger partial charge in [-0.25, -0.2) is 0 Å². The highest BCUT2D eigenvalue weighted by Crippen LogP contribution is 2.19. The first-order valence-electron chi connectivity index (χ1n) is 6.78. The van der Waals surface area contributed by atoms with E-state index in [1.54, 1.807) is 6.07 Å². The number of aromatic nitrogens is 1. The van der Waals surface area contributed by atoms with Crippen LogP contribution >= 0.6 is 24.8 Å². The van der Waals surface area contributed by atoms with Crippen LogP contribution in [0.5, 0.6) is 0 Å². The van der Waals surface area contributed by atoms with E-state index >= 15 is 0 Å². The van der Waals surface area contributed by atoms with Crippen molar-refractivity contribution >= 4 is 35.7 Å². The van der Waals surface area contributed by atoms with E-state index in [1.165, 1.54) is 0 Å². The fourth-order valence-corrected chi connectivity index (χ4v) is 2.74. The second kappa shape index (κ2) is 7.80. The number of nitrogens with zero attached hydrogens (tertiary/aromatic N) is 1. The molecule has 1 aromatic carbocycles. The van der Waals surface area contributed by atoms with Gasteiger partial charge in [-0.3, -0.25) is 9.69 Å². The number of pyridine rings is 1. The summed E-state index contributed by atoms with van der Waals surface area (Å²) in [7, 11) is 0. The first-order chi connectivity index (χ1) is 9.24. The van der Waals surface area contributed by atoms with E-state index in [-0.39, 0.29) is 30.4 Å².